The predicted octanol–water partition coefficient (Wildman–Crippen LogP) is 1.85. The Labute approximate surface area is 93.2 Å². The van der Waals surface area contributed by atoms with Crippen molar-refractivity contribution in [2.45, 2.75) is 0 Å². The summed E-state index contributed by atoms with van der Waals surface area (Å²) in [6.07, 6.45) is 0. The van der Waals surface area contributed by atoms with Crippen molar-refractivity contribution in [3.05, 3.63) is 32.8 Å². The van der Waals surface area contributed by atoms with Gasteiger partial charge in [-0.25, -0.2) is 0 Å². The molecule has 0 amide bonds. The summed E-state index contributed by atoms with van der Waals surface area (Å²) in [5, 5.41) is 21.4. The van der Waals surface area contributed by atoms with Gasteiger partial charge in [0.25, 0.3) is 5.69 Å². The van der Waals surface area contributed by atoms with E-state index in [0.717, 1.165) is 0 Å². The molecule has 0 spiro atoms. The zero-order valence-electron chi connectivity index (χ0n) is 7.44. The second-order valence-corrected chi connectivity index (χ2v) is 3.52. The molecule has 0 aliphatic rings. The molecule has 0 saturated carbocycles. The predicted molar refractivity (Wildman–Crippen MR) is 56.9 cm³/mol. The van der Waals surface area contributed by atoms with Gasteiger partial charge in [-0.05, 0) is 22.0 Å². The number of anilines is 1. The molecule has 6 nitrogen and oxygen atoms in total. The van der Waals surface area contributed by atoms with Crippen LogP contribution in [0.15, 0.2) is 22.7 Å². The highest BCUT2D eigenvalue weighted by Crippen LogP contribution is 2.26. The number of nitro groups is 1. The molecule has 2 N–H and O–H groups in total. The molecule has 0 saturated heterocycles. The van der Waals surface area contributed by atoms with Gasteiger partial charge in [0.1, 0.15) is 6.54 Å². The van der Waals surface area contributed by atoms with Crippen molar-refractivity contribution in [1.29, 1.82) is 0 Å². The molecule has 0 aliphatic heterocycles. The second-order valence-electron chi connectivity index (χ2n) is 2.67. The van der Waals surface area contributed by atoms with Crippen LogP contribution in [0.1, 0.15) is 0 Å². The van der Waals surface area contributed by atoms with Crippen molar-refractivity contribution < 1.29 is 14.8 Å². The Morgan fingerprint density at radius 3 is 2.73 bits per heavy atom. The van der Waals surface area contributed by atoms with Crippen molar-refractivity contribution >= 4 is 33.3 Å². The summed E-state index contributed by atoms with van der Waals surface area (Å²) in [7, 11) is 0. The number of benzene rings is 1. The van der Waals surface area contributed by atoms with E-state index in [1.54, 1.807) is 0 Å². The van der Waals surface area contributed by atoms with E-state index in [1.165, 1.54) is 18.2 Å². The Kier molecular flexibility index (Phi) is 3.62. The van der Waals surface area contributed by atoms with Gasteiger partial charge in [-0.2, -0.15) is 0 Å². The Bertz CT molecular complexity index is 408. The summed E-state index contributed by atoms with van der Waals surface area (Å²) in [5.74, 6) is -1.000. The molecule has 80 valence electrons. The number of hydrogen-bond donors (Lipinski definition) is 2. The lowest BCUT2D eigenvalue weighted by atomic mass is 10.3. The number of non-ortho nitro benzene ring substituents is 1. The van der Waals surface area contributed by atoms with Crippen LogP contribution in [-0.2, 0) is 4.79 Å². The largest absolute Gasteiger partial charge is 0.480 e. The van der Waals surface area contributed by atoms with E-state index in [9.17, 15) is 14.9 Å². The van der Waals surface area contributed by atoms with E-state index >= 15 is 0 Å². The molecule has 15 heavy (non-hydrogen) atoms. The van der Waals surface area contributed by atoms with Gasteiger partial charge >= 0.3 is 5.97 Å². The van der Waals surface area contributed by atoms with Crippen LogP contribution in [0, 0.1) is 10.1 Å². The summed E-state index contributed by atoms with van der Waals surface area (Å²) >= 11 is 3.11. The number of carboxylic acid groups (broad SMARTS) is 1. The highest BCUT2D eigenvalue weighted by Gasteiger charge is 2.09. The van der Waals surface area contributed by atoms with Crippen LogP contribution in [0.2, 0.25) is 0 Å². The van der Waals surface area contributed by atoms with Crippen LogP contribution in [0.3, 0.4) is 0 Å². The molecule has 0 bridgehead atoms. The molecular formula is C8H7BrN2O4. The molecule has 7 heteroatoms. The first-order valence-corrected chi connectivity index (χ1v) is 4.69. The minimum atomic E-state index is -1.000. The first-order chi connectivity index (χ1) is 7.00. The van der Waals surface area contributed by atoms with Crippen molar-refractivity contribution in [2.75, 3.05) is 11.9 Å². The molecule has 1 aromatic rings. The number of carboxylic acids is 1. The van der Waals surface area contributed by atoms with Gasteiger partial charge in [0, 0.05) is 22.3 Å². The number of nitro benzene ring substituents is 1. The number of nitrogens with zero attached hydrogens (tertiary/aromatic N) is 1. The lowest BCUT2D eigenvalue weighted by Crippen LogP contribution is -2.12. The molecule has 0 aliphatic carbocycles. The average Bonchev–Trinajstić information content (AvgIpc) is 2.15. The highest BCUT2D eigenvalue weighted by molar-refractivity contribution is 9.10. The van der Waals surface area contributed by atoms with Crippen LogP contribution < -0.4 is 5.32 Å². The average molecular weight is 275 g/mol. The molecule has 1 aromatic carbocycles. The fourth-order valence-corrected chi connectivity index (χ4v) is 1.44. The van der Waals surface area contributed by atoms with E-state index in [2.05, 4.69) is 21.2 Å². The minimum absolute atomic E-state index is 0.0530. The topological polar surface area (TPSA) is 92.5 Å². The summed E-state index contributed by atoms with van der Waals surface area (Å²) in [5.41, 5.74) is 0.450. The zero-order valence-corrected chi connectivity index (χ0v) is 9.02. The van der Waals surface area contributed by atoms with Crippen LogP contribution in [0.25, 0.3) is 0 Å². The maximum atomic E-state index is 10.4. The number of hydrogen-bond acceptors (Lipinski definition) is 4. The van der Waals surface area contributed by atoms with Crippen molar-refractivity contribution in [2.24, 2.45) is 0 Å². The molecule has 0 unspecified atom stereocenters. The lowest BCUT2D eigenvalue weighted by Gasteiger charge is -2.05. The maximum absolute atomic E-state index is 10.4. The van der Waals surface area contributed by atoms with Crippen molar-refractivity contribution in [3.63, 3.8) is 0 Å². The van der Waals surface area contributed by atoms with Crippen molar-refractivity contribution in [1.82, 2.24) is 0 Å². The summed E-state index contributed by atoms with van der Waals surface area (Å²) < 4.78 is 0.456. The van der Waals surface area contributed by atoms with Gasteiger partial charge in [-0.15, -0.1) is 0 Å². The van der Waals surface area contributed by atoms with Crippen LogP contribution in [0.5, 0.6) is 0 Å². The van der Waals surface area contributed by atoms with E-state index in [-0.39, 0.29) is 12.2 Å². The molecule has 1 rings (SSSR count). The standard InChI is InChI=1S/C8H7BrN2O4/c9-6-3-5(11(14)15)1-2-7(6)10-4-8(12)13/h1-3,10H,4H2,(H,12,13). The highest BCUT2D eigenvalue weighted by atomic mass is 79.9. The first kappa shape index (κ1) is 11.4. The Morgan fingerprint density at radius 1 is 1.60 bits per heavy atom. The molecular weight excluding hydrogens is 268 g/mol. The van der Waals surface area contributed by atoms with E-state index in [0.29, 0.717) is 10.2 Å². The van der Waals surface area contributed by atoms with Gasteiger partial charge in [0.2, 0.25) is 0 Å². The third kappa shape index (κ3) is 3.21. The van der Waals surface area contributed by atoms with Gasteiger partial charge < -0.3 is 10.4 Å². The number of halogens is 1. The Balaban J connectivity index is 2.83. The van der Waals surface area contributed by atoms with Crippen LogP contribution in [-0.4, -0.2) is 22.5 Å². The van der Waals surface area contributed by atoms with Gasteiger partial charge in [0.15, 0.2) is 0 Å². The van der Waals surface area contributed by atoms with Crippen molar-refractivity contribution in [3.8, 4) is 0 Å². The van der Waals surface area contributed by atoms with E-state index in [4.69, 9.17) is 5.11 Å². The smallest absolute Gasteiger partial charge is 0.322 e. The Hall–Kier alpha value is -1.63. The quantitative estimate of drug-likeness (QED) is 0.646. The van der Waals surface area contributed by atoms with Gasteiger partial charge in [0.05, 0.1) is 4.92 Å². The first-order valence-electron chi connectivity index (χ1n) is 3.90. The molecule has 0 atom stereocenters. The normalized spacial score (nSPS) is 9.67. The summed E-state index contributed by atoms with van der Waals surface area (Å²) in [6.45, 7) is -0.240. The fourth-order valence-electron chi connectivity index (χ4n) is 0.932. The fraction of sp³-hybridized carbons (Fsp3) is 0.125. The summed E-state index contributed by atoms with van der Waals surface area (Å²) in [6, 6.07) is 4.06. The Morgan fingerprint density at radius 2 is 2.27 bits per heavy atom. The van der Waals surface area contributed by atoms with Crippen LogP contribution in [0.4, 0.5) is 11.4 Å². The minimum Gasteiger partial charge on any atom is -0.480 e. The second kappa shape index (κ2) is 4.74. The molecule has 0 radical (unpaired) electrons. The van der Waals surface area contributed by atoms with Gasteiger partial charge in [-0.3, -0.25) is 14.9 Å². The number of nitrogens with one attached hydrogen (secondary N) is 1. The van der Waals surface area contributed by atoms with E-state index in [1.807, 2.05) is 0 Å². The molecule has 0 fully saturated rings. The molecule has 0 aromatic heterocycles. The zero-order chi connectivity index (χ0) is 11.4. The number of rotatable bonds is 4. The van der Waals surface area contributed by atoms with Gasteiger partial charge in [-0.1, -0.05) is 0 Å². The monoisotopic (exact) mass is 274 g/mol. The SMILES string of the molecule is O=C(O)CNc1ccc([N+](=O)[O-])cc1Br. The summed E-state index contributed by atoms with van der Waals surface area (Å²) in [4.78, 5) is 20.2. The molecule has 0 heterocycles. The van der Waals surface area contributed by atoms with Crippen LogP contribution >= 0.6 is 15.9 Å². The maximum Gasteiger partial charge on any atom is 0.322 e. The number of carbonyl (C=O) groups is 1. The third-order valence-corrected chi connectivity index (χ3v) is 2.25. The number of aliphatic carboxylic acids is 1. The lowest BCUT2D eigenvalue weighted by molar-refractivity contribution is -0.384. The third-order valence-electron chi connectivity index (χ3n) is 1.59. The van der Waals surface area contributed by atoms with E-state index < -0.39 is 10.9 Å².